The van der Waals surface area contributed by atoms with Gasteiger partial charge in [0.15, 0.2) is 0 Å². The van der Waals surface area contributed by atoms with Gasteiger partial charge in [-0.25, -0.2) is 0 Å². The van der Waals surface area contributed by atoms with Gasteiger partial charge in [0, 0.05) is 11.5 Å². The van der Waals surface area contributed by atoms with Gasteiger partial charge in [-0.3, -0.25) is 0 Å². The van der Waals surface area contributed by atoms with Gasteiger partial charge < -0.3 is 9.53 Å². The van der Waals surface area contributed by atoms with Gasteiger partial charge in [0.2, 0.25) is 0 Å². The molecule has 1 unspecified atom stereocenters. The molecule has 0 spiro atoms. The van der Waals surface area contributed by atoms with Crippen LogP contribution in [-0.4, -0.2) is 13.4 Å². The third-order valence-corrected chi connectivity index (χ3v) is 2.40. The van der Waals surface area contributed by atoms with E-state index >= 15 is 0 Å². The van der Waals surface area contributed by atoms with E-state index in [2.05, 4.69) is 6.92 Å². The van der Waals surface area contributed by atoms with E-state index in [-0.39, 0.29) is 5.92 Å². The van der Waals surface area contributed by atoms with Gasteiger partial charge in [0.1, 0.15) is 12.0 Å². The number of aldehydes is 1. The van der Waals surface area contributed by atoms with Crippen LogP contribution in [0, 0.1) is 0 Å². The zero-order valence-corrected chi connectivity index (χ0v) is 8.91. The maximum Gasteiger partial charge on any atom is 0.127 e. The Kier molecular flexibility index (Phi) is 3.69. The summed E-state index contributed by atoms with van der Waals surface area (Å²) in [5, 5.41) is 0. The smallest absolute Gasteiger partial charge is 0.127 e. The molecule has 0 amide bonds. The molecule has 0 radical (unpaired) electrons. The van der Waals surface area contributed by atoms with Crippen molar-refractivity contribution in [1.29, 1.82) is 0 Å². The number of methoxy groups -OCH3 is 1. The third kappa shape index (κ3) is 2.13. The molecular formula is C12H16O2. The maximum absolute atomic E-state index is 10.7. The molecule has 0 aromatic heterocycles. The molecule has 2 nitrogen and oxygen atoms in total. The molecule has 1 aromatic carbocycles. The Labute approximate surface area is 84.9 Å². The number of hydrogen-bond acceptors (Lipinski definition) is 2. The van der Waals surface area contributed by atoms with Crippen molar-refractivity contribution in [2.75, 3.05) is 7.11 Å². The average Bonchev–Trinajstić information content (AvgIpc) is 2.27. The molecule has 0 fully saturated rings. The van der Waals surface area contributed by atoms with E-state index in [1.807, 2.05) is 25.1 Å². The highest BCUT2D eigenvalue weighted by atomic mass is 16.5. The second kappa shape index (κ2) is 4.80. The standard InChI is InChI=1S/C12H16O2/c1-4-10-5-6-11(9(2)8-13)12(7-10)14-3/h5-9H,4H2,1-3H3. The Morgan fingerprint density at radius 2 is 2.21 bits per heavy atom. The fraction of sp³-hybridized carbons (Fsp3) is 0.417. The van der Waals surface area contributed by atoms with Crippen molar-refractivity contribution < 1.29 is 9.53 Å². The lowest BCUT2D eigenvalue weighted by Crippen LogP contribution is -1.99. The van der Waals surface area contributed by atoms with Crippen LogP contribution in [0.25, 0.3) is 0 Å². The zero-order chi connectivity index (χ0) is 10.6. The van der Waals surface area contributed by atoms with Crippen LogP contribution in [0.3, 0.4) is 0 Å². The van der Waals surface area contributed by atoms with Gasteiger partial charge >= 0.3 is 0 Å². The molecule has 0 aliphatic carbocycles. The SMILES string of the molecule is CCc1ccc(C(C)C=O)c(OC)c1. The van der Waals surface area contributed by atoms with E-state index in [0.29, 0.717) is 0 Å². The zero-order valence-electron chi connectivity index (χ0n) is 8.91. The molecule has 14 heavy (non-hydrogen) atoms. The van der Waals surface area contributed by atoms with Crippen LogP contribution in [0.4, 0.5) is 0 Å². The summed E-state index contributed by atoms with van der Waals surface area (Å²) in [5.41, 5.74) is 2.18. The molecule has 76 valence electrons. The van der Waals surface area contributed by atoms with E-state index in [4.69, 9.17) is 4.74 Å². The Morgan fingerprint density at radius 3 is 2.71 bits per heavy atom. The van der Waals surface area contributed by atoms with Gasteiger partial charge in [-0.05, 0) is 18.1 Å². The van der Waals surface area contributed by atoms with Crippen LogP contribution in [0.1, 0.15) is 30.9 Å². The first-order chi connectivity index (χ1) is 6.72. The van der Waals surface area contributed by atoms with Gasteiger partial charge in [-0.1, -0.05) is 26.0 Å². The number of aryl methyl sites for hydroxylation is 1. The van der Waals surface area contributed by atoms with E-state index in [9.17, 15) is 4.79 Å². The van der Waals surface area contributed by atoms with Crippen LogP contribution in [0.2, 0.25) is 0 Å². The summed E-state index contributed by atoms with van der Waals surface area (Å²) < 4.78 is 5.25. The molecule has 1 atom stereocenters. The highest BCUT2D eigenvalue weighted by Gasteiger charge is 2.10. The number of rotatable bonds is 4. The van der Waals surface area contributed by atoms with Crippen molar-refractivity contribution in [1.82, 2.24) is 0 Å². The minimum atomic E-state index is -0.101. The van der Waals surface area contributed by atoms with Crippen LogP contribution in [0.15, 0.2) is 18.2 Å². The average molecular weight is 192 g/mol. The topological polar surface area (TPSA) is 26.3 Å². The van der Waals surface area contributed by atoms with E-state index < -0.39 is 0 Å². The summed E-state index contributed by atoms with van der Waals surface area (Å²) in [4.78, 5) is 10.7. The molecule has 0 saturated heterocycles. The van der Waals surface area contributed by atoms with Crippen LogP contribution in [-0.2, 0) is 11.2 Å². The molecule has 0 bridgehead atoms. The number of benzene rings is 1. The van der Waals surface area contributed by atoms with Crippen molar-refractivity contribution in [3.05, 3.63) is 29.3 Å². The van der Waals surface area contributed by atoms with E-state index in [0.717, 1.165) is 24.0 Å². The van der Waals surface area contributed by atoms with Crippen molar-refractivity contribution in [2.45, 2.75) is 26.2 Å². The molecule has 0 saturated carbocycles. The van der Waals surface area contributed by atoms with Crippen LogP contribution >= 0.6 is 0 Å². The van der Waals surface area contributed by atoms with Crippen LogP contribution < -0.4 is 4.74 Å². The molecule has 0 aliphatic heterocycles. The summed E-state index contributed by atoms with van der Waals surface area (Å²) in [6, 6.07) is 6.00. The molecule has 0 aliphatic rings. The summed E-state index contributed by atoms with van der Waals surface area (Å²) in [6.45, 7) is 3.97. The van der Waals surface area contributed by atoms with Gasteiger partial charge in [0.05, 0.1) is 7.11 Å². The molecule has 1 rings (SSSR count). The Hall–Kier alpha value is -1.31. The summed E-state index contributed by atoms with van der Waals surface area (Å²) in [6.07, 6.45) is 1.91. The molecule has 0 heterocycles. The van der Waals surface area contributed by atoms with Gasteiger partial charge in [-0.15, -0.1) is 0 Å². The Bertz CT molecular complexity index is 318. The lowest BCUT2D eigenvalue weighted by Gasteiger charge is -2.11. The lowest BCUT2D eigenvalue weighted by molar-refractivity contribution is -0.108. The largest absolute Gasteiger partial charge is 0.496 e. The Morgan fingerprint density at radius 1 is 1.50 bits per heavy atom. The first-order valence-corrected chi connectivity index (χ1v) is 4.85. The van der Waals surface area contributed by atoms with Crippen LogP contribution in [0.5, 0.6) is 5.75 Å². The normalized spacial score (nSPS) is 12.2. The number of carbonyl (C=O) groups excluding carboxylic acids is 1. The molecule has 2 heteroatoms. The molecule has 0 N–H and O–H groups in total. The highest BCUT2D eigenvalue weighted by Crippen LogP contribution is 2.26. The molecule has 1 aromatic rings. The molecular weight excluding hydrogens is 176 g/mol. The number of carbonyl (C=O) groups is 1. The van der Waals surface area contributed by atoms with Crippen molar-refractivity contribution in [3.8, 4) is 5.75 Å². The van der Waals surface area contributed by atoms with Crippen molar-refractivity contribution >= 4 is 6.29 Å². The van der Waals surface area contributed by atoms with E-state index in [1.54, 1.807) is 7.11 Å². The van der Waals surface area contributed by atoms with E-state index in [1.165, 1.54) is 5.56 Å². The Balaban J connectivity index is 3.10. The maximum atomic E-state index is 10.7. The number of ether oxygens (including phenoxy) is 1. The predicted octanol–water partition coefficient (Wildman–Crippen LogP) is 2.56. The second-order valence-electron chi connectivity index (χ2n) is 3.35. The first-order valence-electron chi connectivity index (χ1n) is 4.85. The van der Waals surface area contributed by atoms with Crippen molar-refractivity contribution in [2.24, 2.45) is 0 Å². The van der Waals surface area contributed by atoms with Crippen molar-refractivity contribution in [3.63, 3.8) is 0 Å². The summed E-state index contributed by atoms with van der Waals surface area (Å²) in [5.74, 6) is 0.708. The summed E-state index contributed by atoms with van der Waals surface area (Å²) in [7, 11) is 1.63. The fourth-order valence-electron chi connectivity index (χ4n) is 1.42. The highest BCUT2D eigenvalue weighted by molar-refractivity contribution is 5.64. The van der Waals surface area contributed by atoms with Gasteiger partial charge in [0.25, 0.3) is 0 Å². The summed E-state index contributed by atoms with van der Waals surface area (Å²) >= 11 is 0. The number of hydrogen-bond donors (Lipinski definition) is 0. The third-order valence-electron chi connectivity index (χ3n) is 2.40. The van der Waals surface area contributed by atoms with Gasteiger partial charge in [-0.2, -0.15) is 0 Å². The lowest BCUT2D eigenvalue weighted by atomic mass is 9.99. The quantitative estimate of drug-likeness (QED) is 0.685. The minimum absolute atomic E-state index is 0.101. The fourth-order valence-corrected chi connectivity index (χ4v) is 1.42. The minimum Gasteiger partial charge on any atom is -0.496 e. The first kappa shape index (κ1) is 10.8. The monoisotopic (exact) mass is 192 g/mol. The second-order valence-corrected chi connectivity index (χ2v) is 3.35. The predicted molar refractivity (Wildman–Crippen MR) is 56.9 cm³/mol.